The van der Waals surface area contributed by atoms with Gasteiger partial charge in [-0.05, 0) is 13.8 Å². The van der Waals surface area contributed by atoms with Crippen molar-refractivity contribution in [2.24, 2.45) is 7.05 Å². The molecule has 2 aromatic rings. The molecule has 19 heavy (non-hydrogen) atoms. The van der Waals surface area contributed by atoms with Crippen LogP contribution >= 0.6 is 0 Å². The Morgan fingerprint density at radius 2 is 2.26 bits per heavy atom. The van der Waals surface area contributed by atoms with Gasteiger partial charge in [-0.25, -0.2) is 9.78 Å². The van der Waals surface area contributed by atoms with Gasteiger partial charge in [0, 0.05) is 19.4 Å². The minimum atomic E-state index is -0.403. The maximum Gasteiger partial charge on any atom is 0.343 e. The van der Waals surface area contributed by atoms with E-state index in [4.69, 9.17) is 4.74 Å². The van der Waals surface area contributed by atoms with Crippen LogP contribution in [0, 0.1) is 6.92 Å². The molecule has 2 aromatic heterocycles. The third kappa shape index (κ3) is 2.70. The van der Waals surface area contributed by atoms with Crippen LogP contribution in [0.15, 0.2) is 18.6 Å². The molecule has 1 N–H and O–H groups in total. The van der Waals surface area contributed by atoms with Gasteiger partial charge in [0.25, 0.3) is 0 Å². The average molecular weight is 261 g/mol. The molecular formula is C12H15N5O2. The van der Waals surface area contributed by atoms with Crippen molar-refractivity contribution in [3.8, 4) is 0 Å². The fourth-order valence-electron chi connectivity index (χ4n) is 1.63. The van der Waals surface area contributed by atoms with E-state index in [1.54, 1.807) is 44.2 Å². The summed E-state index contributed by atoms with van der Waals surface area (Å²) in [7, 11) is 1.76. The zero-order valence-corrected chi connectivity index (χ0v) is 11.0. The first-order valence-corrected chi connectivity index (χ1v) is 5.87. The van der Waals surface area contributed by atoms with E-state index in [1.165, 1.54) is 0 Å². The summed E-state index contributed by atoms with van der Waals surface area (Å²) in [6, 6.07) is 0. The fraction of sp³-hybridized carbons (Fsp3) is 0.333. The van der Waals surface area contributed by atoms with Crippen LogP contribution in [0.1, 0.15) is 23.0 Å². The average Bonchev–Trinajstić information content (AvgIpc) is 2.66. The lowest BCUT2D eigenvalue weighted by Gasteiger charge is -2.05. The van der Waals surface area contributed by atoms with E-state index in [0.717, 1.165) is 5.69 Å². The number of hydrogen-bond donors (Lipinski definition) is 1. The second-order valence-corrected chi connectivity index (χ2v) is 3.87. The van der Waals surface area contributed by atoms with Crippen molar-refractivity contribution in [3.05, 3.63) is 29.8 Å². The molecule has 0 aromatic carbocycles. The number of hydrogen-bond acceptors (Lipinski definition) is 6. The summed E-state index contributed by atoms with van der Waals surface area (Å²) in [5, 5.41) is 7.21. The van der Waals surface area contributed by atoms with Crippen molar-refractivity contribution in [2.75, 3.05) is 11.9 Å². The molecule has 0 aliphatic heterocycles. The van der Waals surface area contributed by atoms with Gasteiger partial charge in [0.1, 0.15) is 11.4 Å². The number of esters is 1. The second-order valence-electron chi connectivity index (χ2n) is 3.87. The summed E-state index contributed by atoms with van der Waals surface area (Å²) in [6.07, 6.45) is 4.68. The highest BCUT2D eigenvalue weighted by molar-refractivity contribution is 5.96. The van der Waals surface area contributed by atoms with Gasteiger partial charge >= 0.3 is 5.97 Å². The standard InChI is InChI=1S/C12H15N5O2/c1-4-19-12(18)10-8(2)17(3)16-11(10)15-9-7-13-5-6-14-9/h5-7H,4H2,1-3H3,(H,14,15,16). The van der Waals surface area contributed by atoms with Gasteiger partial charge in [-0.1, -0.05) is 0 Å². The Kier molecular flexibility index (Phi) is 3.74. The molecule has 0 aliphatic rings. The molecule has 0 unspecified atom stereocenters. The minimum absolute atomic E-state index is 0.317. The van der Waals surface area contributed by atoms with Crippen molar-refractivity contribution >= 4 is 17.6 Å². The molecule has 0 saturated carbocycles. The summed E-state index contributed by atoms with van der Waals surface area (Å²) in [6.45, 7) is 3.89. The van der Waals surface area contributed by atoms with E-state index in [2.05, 4.69) is 20.4 Å². The van der Waals surface area contributed by atoms with Crippen LogP contribution in [0.25, 0.3) is 0 Å². The highest BCUT2D eigenvalue weighted by Gasteiger charge is 2.21. The first-order chi connectivity index (χ1) is 9.13. The largest absolute Gasteiger partial charge is 0.462 e. The van der Waals surface area contributed by atoms with Crippen molar-refractivity contribution in [3.63, 3.8) is 0 Å². The summed E-state index contributed by atoms with van der Waals surface area (Å²) >= 11 is 0. The lowest BCUT2D eigenvalue weighted by Crippen LogP contribution is -2.08. The maximum absolute atomic E-state index is 11.9. The lowest BCUT2D eigenvalue weighted by molar-refractivity contribution is 0.0526. The predicted octanol–water partition coefficient (Wildman–Crippen LogP) is 1.44. The van der Waals surface area contributed by atoms with Crippen molar-refractivity contribution < 1.29 is 9.53 Å². The molecule has 0 aliphatic carbocycles. The number of aromatic nitrogens is 4. The van der Waals surface area contributed by atoms with E-state index < -0.39 is 5.97 Å². The van der Waals surface area contributed by atoms with Gasteiger partial charge in [0.05, 0.1) is 18.5 Å². The highest BCUT2D eigenvalue weighted by atomic mass is 16.5. The topological polar surface area (TPSA) is 81.9 Å². The highest BCUT2D eigenvalue weighted by Crippen LogP contribution is 2.21. The zero-order valence-electron chi connectivity index (χ0n) is 11.0. The molecule has 0 fully saturated rings. The second kappa shape index (κ2) is 5.47. The molecule has 100 valence electrons. The Morgan fingerprint density at radius 3 is 2.89 bits per heavy atom. The first-order valence-electron chi connectivity index (χ1n) is 5.87. The maximum atomic E-state index is 11.9. The zero-order chi connectivity index (χ0) is 13.8. The van der Waals surface area contributed by atoms with Crippen LogP contribution in [0.3, 0.4) is 0 Å². The molecule has 7 nitrogen and oxygen atoms in total. The molecule has 0 bridgehead atoms. The lowest BCUT2D eigenvalue weighted by atomic mass is 10.2. The molecular weight excluding hydrogens is 246 g/mol. The molecule has 7 heteroatoms. The van der Waals surface area contributed by atoms with Crippen LogP contribution in [-0.4, -0.2) is 32.3 Å². The molecule has 2 rings (SSSR count). The van der Waals surface area contributed by atoms with Gasteiger partial charge in [-0.2, -0.15) is 5.10 Å². The Labute approximate surface area is 110 Å². The Morgan fingerprint density at radius 1 is 1.47 bits per heavy atom. The number of carbonyl (C=O) groups excluding carboxylic acids is 1. The molecule has 2 heterocycles. The number of ether oxygens (including phenoxy) is 1. The number of nitrogens with one attached hydrogen (secondary N) is 1. The smallest absolute Gasteiger partial charge is 0.343 e. The van der Waals surface area contributed by atoms with Gasteiger partial charge in [0.2, 0.25) is 0 Å². The third-order valence-corrected chi connectivity index (χ3v) is 2.62. The van der Waals surface area contributed by atoms with Gasteiger partial charge in [-0.15, -0.1) is 0 Å². The minimum Gasteiger partial charge on any atom is -0.462 e. The van der Waals surface area contributed by atoms with E-state index in [1.807, 2.05) is 0 Å². The van der Waals surface area contributed by atoms with Gasteiger partial charge in [-0.3, -0.25) is 9.67 Å². The molecule has 0 atom stereocenters. The predicted molar refractivity (Wildman–Crippen MR) is 69.2 cm³/mol. The van der Waals surface area contributed by atoms with E-state index in [9.17, 15) is 4.79 Å². The number of rotatable bonds is 4. The van der Waals surface area contributed by atoms with Gasteiger partial charge in [0.15, 0.2) is 5.82 Å². The number of aryl methyl sites for hydroxylation is 1. The van der Waals surface area contributed by atoms with Crippen molar-refractivity contribution in [1.29, 1.82) is 0 Å². The van der Waals surface area contributed by atoms with E-state index >= 15 is 0 Å². The van der Waals surface area contributed by atoms with E-state index in [-0.39, 0.29) is 0 Å². The summed E-state index contributed by atoms with van der Waals surface area (Å²) in [5.74, 6) is 0.532. The van der Waals surface area contributed by atoms with Crippen molar-refractivity contribution in [2.45, 2.75) is 13.8 Å². The first kappa shape index (κ1) is 13.0. The normalized spacial score (nSPS) is 10.3. The number of nitrogens with zero attached hydrogens (tertiary/aromatic N) is 4. The number of anilines is 2. The monoisotopic (exact) mass is 261 g/mol. The van der Waals surface area contributed by atoms with Gasteiger partial charge < -0.3 is 10.1 Å². The van der Waals surface area contributed by atoms with Crippen LogP contribution in [0.4, 0.5) is 11.6 Å². The Balaban J connectivity index is 2.35. The molecule has 0 amide bonds. The number of carbonyl (C=O) groups is 1. The van der Waals surface area contributed by atoms with Crippen LogP contribution in [0.5, 0.6) is 0 Å². The Bertz CT molecular complexity index is 579. The quantitative estimate of drug-likeness (QED) is 0.839. The molecule has 0 spiro atoms. The van der Waals surface area contributed by atoms with Crippen LogP contribution in [-0.2, 0) is 11.8 Å². The third-order valence-electron chi connectivity index (χ3n) is 2.62. The Hall–Kier alpha value is -2.44. The summed E-state index contributed by atoms with van der Waals surface area (Å²) in [4.78, 5) is 20.0. The van der Waals surface area contributed by atoms with Crippen molar-refractivity contribution in [1.82, 2.24) is 19.7 Å². The summed E-state index contributed by atoms with van der Waals surface area (Å²) in [5.41, 5.74) is 1.14. The molecule has 0 saturated heterocycles. The summed E-state index contributed by atoms with van der Waals surface area (Å²) < 4.78 is 6.65. The SMILES string of the molecule is CCOC(=O)c1c(Nc2cnccn2)nn(C)c1C. The fourth-order valence-corrected chi connectivity index (χ4v) is 1.63. The van der Waals surface area contributed by atoms with Crippen LogP contribution < -0.4 is 5.32 Å². The van der Waals surface area contributed by atoms with E-state index in [0.29, 0.717) is 23.8 Å². The van der Waals surface area contributed by atoms with Crippen LogP contribution in [0.2, 0.25) is 0 Å². The molecule has 0 radical (unpaired) electrons.